The van der Waals surface area contributed by atoms with Crippen molar-refractivity contribution in [3.05, 3.63) is 56.8 Å². The van der Waals surface area contributed by atoms with Gasteiger partial charge < -0.3 is 5.32 Å². The third-order valence-electron chi connectivity index (χ3n) is 3.33. The molecule has 0 fully saturated rings. The number of nitrogens with one attached hydrogen (secondary N) is 1. The van der Waals surface area contributed by atoms with Crippen molar-refractivity contribution in [2.24, 2.45) is 0 Å². The molecule has 1 unspecified atom stereocenters. The summed E-state index contributed by atoms with van der Waals surface area (Å²) in [5.74, 6) is 0. The first kappa shape index (κ1) is 15.1. The molecule has 1 N–H and O–H groups in total. The summed E-state index contributed by atoms with van der Waals surface area (Å²) in [6, 6.07) is 7.34. The Morgan fingerprint density at radius 2 is 1.70 bits per heavy atom. The molecule has 1 aromatic carbocycles. The van der Waals surface area contributed by atoms with E-state index in [4.69, 9.17) is 0 Å². The maximum Gasteiger partial charge on any atom is 0.416 e. The molecule has 0 saturated carbocycles. The van der Waals surface area contributed by atoms with Gasteiger partial charge in [-0.05, 0) is 50.2 Å². The lowest BCUT2D eigenvalue weighted by molar-refractivity contribution is -0.137. The lowest BCUT2D eigenvalue weighted by Crippen LogP contribution is -2.16. The van der Waals surface area contributed by atoms with Crippen molar-refractivity contribution >= 4 is 11.3 Å². The lowest BCUT2D eigenvalue weighted by Gasteiger charge is -2.16. The maximum atomic E-state index is 12.6. The van der Waals surface area contributed by atoms with Gasteiger partial charge in [0.25, 0.3) is 0 Å². The number of halogens is 3. The quantitative estimate of drug-likeness (QED) is 0.866. The van der Waals surface area contributed by atoms with Crippen LogP contribution >= 0.6 is 11.3 Å². The first-order valence-electron chi connectivity index (χ1n) is 6.24. The molecule has 5 heteroatoms. The van der Waals surface area contributed by atoms with Crippen LogP contribution in [0.15, 0.2) is 30.3 Å². The maximum absolute atomic E-state index is 12.6. The number of thiophene rings is 1. The Morgan fingerprint density at radius 1 is 1.10 bits per heavy atom. The van der Waals surface area contributed by atoms with Crippen molar-refractivity contribution in [3.8, 4) is 0 Å². The van der Waals surface area contributed by atoms with Crippen LogP contribution < -0.4 is 5.32 Å². The summed E-state index contributed by atoms with van der Waals surface area (Å²) in [6.07, 6.45) is -4.29. The van der Waals surface area contributed by atoms with Crippen molar-refractivity contribution < 1.29 is 13.2 Å². The van der Waals surface area contributed by atoms with Crippen LogP contribution in [0.2, 0.25) is 0 Å². The zero-order valence-corrected chi connectivity index (χ0v) is 12.3. The van der Waals surface area contributed by atoms with E-state index < -0.39 is 11.7 Å². The smallest absolute Gasteiger partial charge is 0.309 e. The van der Waals surface area contributed by atoms with Crippen molar-refractivity contribution in [3.63, 3.8) is 0 Å². The molecule has 108 valence electrons. The van der Waals surface area contributed by atoms with E-state index >= 15 is 0 Å². The Morgan fingerprint density at radius 3 is 2.10 bits per heavy atom. The highest BCUT2D eigenvalue weighted by atomic mass is 32.1. The first-order valence-corrected chi connectivity index (χ1v) is 7.06. The largest absolute Gasteiger partial charge is 0.416 e. The average Bonchev–Trinajstić information content (AvgIpc) is 2.70. The van der Waals surface area contributed by atoms with Gasteiger partial charge in [0.15, 0.2) is 0 Å². The molecule has 1 aromatic heterocycles. The van der Waals surface area contributed by atoms with Crippen molar-refractivity contribution in [2.75, 3.05) is 7.05 Å². The molecule has 0 saturated heterocycles. The molecule has 20 heavy (non-hydrogen) atoms. The third kappa shape index (κ3) is 3.04. The molecular weight excluding hydrogens is 283 g/mol. The molecule has 1 atom stereocenters. The van der Waals surface area contributed by atoms with Crippen LogP contribution in [0.1, 0.15) is 32.5 Å². The van der Waals surface area contributed by atoms with Crippen LogP contribution in [0.4, 0.5) is 13.2 Å². The molecule has 1 nitrogen and oxygen atoms in total. The second-order valence-electron chi connectivity index (χ2n) is 4.73. The summed E-state index contributed by atoms with van der Waals surface area (Å²) in [5.41, 5.74) is 1.42. The minimum Gasteiger partial charge on any atom is -0.309 e. The average molecular weight is 299 g/mol. The monoisotopic (exact) mass is 299 g/mol. The van der Waals surface area contributed by atoms with Gasteiger partial charge in [0.05, 0.1) is 11.6 Å². The third-order valence-corrected chi connectivity index (χ3v) is 4.55. The van der Waals surface area contributed by atoms with E-state index in [0.29, 0.717) is 0 Å². The number of alkyl halides is 3. The van der Waals surface area contributed by atoms with E-state index in [1.807, 2.05) is 20.9 Å². The van der Waals surface area contributed by atoms with Gasteiger partial charge in [0.1, 0.15) is 0 Å². The number of hydrogen-bond acceptors (Lipinski definition) is 2. The van der Waals surface area contributed by atoms with Gasteiger partial charge in [-0.1, -0.05) is 12.1 Å². The van der Waals surface area contributed by atoms with Gasteiger partial charge >= 0.3 is 6.18 Å². The normalized spacial score (nSPS) is 13.5. The molecule has 0 radical (unpaired) electrons. The number of rotatable bonds is 3. The van der Waals surface area contributed by atoms with Gasteiger partial charge in [-0.25, -0.2) is 0 Å². The first-order chi connectivity index (χ1) is 9.32. The van der Waals surface area contributed by atoms with Gasteiger partial charge in [-0.3, -0.25) is 0 Å². The molecule has 1 heterocycles. The van der Waals surface area contributed by atoms with Crippen LogP contribution in [0, 0.1) is 13.8 Å². The summed E-state index contributed by atoms with van der Waals surface area (Å²) in [6.45, 7) is 4.08. The highest BCUT2D eigenvalue weighted by Gasteiger charge is 2.30. The Kier molecular flexibility index (Phi) is 4.20. The highest BCUT2D eigenvalue weighted by molar-refractivity contribution is 7.12. The Hall–Kier alpha value is -1.33. The van der Waals surface area contributed by atoms with Gasteiger partial charge in [-0.2, -0.15) is 13.2 Å². The number of aryl methyl sites for hydroxylation is 2. The van der Waals surface area contributed by atoms with Crippen LogP contribution in [-0.4, -0.2) is 7.05 Å². The lowest BCUT2D eigenvalue weighted by atomic mass is 10.0. The number of hydrogen-bond donors (Lipinski definition) is 1. The zero-order valence-electron chi connectivity index (χ0n) is 11.5. The molecule has 0 amide bonds. The van der Waals surface area contributed by atoms with Gasteiger partial charge in [0.2, 0.25) is 0 Å². The molecule has 0 aliphatic carbocycles. The highest BCUT2D eigenvalue weighted by Crippen LogP contribution is 2.33. The summed E-state index contributed by atoms with van der Waals surface area (Å²) < 4.78 is 37.7. The van der Waals surface area contributed by atoms with E-state index in [0.717, 1.165) is 22.6 Å². The SMILES string of the molecule is CNC(c1ccc(C(F)(F)F)cc1)c1cc(C)c(C)s1. The Labute approximate surface area is 120 Å². The summed E-state index contributed by atoms with van der Waals surface area (Å²) >= 11 is 1.67. The Balaban J connectivity index is 2.33. The second kappa shape index (κ2) is 5.58. The number of benzene rings is 1. The summed E-state index contributed by atoms with van der Waals surface area (Å²) in [7, 11) is 1.81. The second-order valence-corrected chi connectivity index (χ2v) is 6.02. The molecule has 0 aliphatic rings. The van der Waals surface area contributed by atoms with Crippen molar-refractivity contribution in [1.29, 1.82) is 0 Å². The molecular formula is C15H16F3NS. The Bertz CT molecular complexity index is 565. The van der Waals surface area contributed by atoms with E-state index in [9.17, 15) is 13.2 Å². The van der Waals surface area contributed by atoms with Crippen LogP contribution in [0.3, 0.4) is 0 Å². The molecule has 2 rings (SSSR count). The zero-order chi connectivity index (χ0) is 14.9. The van der Waals surface area contributed by atoms with Crippen LogP contribution in [0.5, 0.6) is 0 Å². The molecule has 0 aliphatic heterocycles. The predicted molar refractivity (Wildman–Crippen MR) is 76.1 cm³/mol. The standard InChI is InChI=1S/C15H16F3NS/c1-9-8-13(20-10(9)2)14(19-3)11-4-6-12(7-5-11)15(16,17)18/h4-8,14,19H,1-3H3. The summed E-state index contributed by atoms with van der Waals surface area (Å²) in [4.78, 5) is 2.34. The molecule has 0 spiro atoms. The minimum atomic E-state index is -4.29. The topological polar surface area (TPSA) is 12.0 Å². The fourth-order valence-corrected chi connectivity index (χ4v) is 3.26. The van der Waals surface area contributed by atoms with E-state index in [2.05, 4.69) is 11.4 Å². The van der Waals surface area contributed by atoms with Crippen molar-refractivity contribution in [2.45, 2.75) is 26.1 Å². The van der Waals surface area contributed by atoms with E-state index in [1.165, 1.54) is 22.6 Å². The minimum absolute atomic E-state index is 0.0744. The van der Waals surface area contributed by atoms with Gasteiger partial charge in [-0.15, -0.1) is 11.3 Å². The molecule has 0 bridgehead atoms. The predicted octanol–water partition coefficient (Wildman–Crippen LogP) is 4.69. The van der Waals surface area contributed by atoms with E-state index in [1.54, 1.807) is 11.3 Å². The van der Waals surface area contributed by atoms with Crippen LogP contribution in [0.25, 0.3) is 0 Å². The van der Waals surface area contributed by atoms with Crippen LogP contribution in [-0.2, 0) is 6.18 Å². The van der Waals surface area contributed by atoms with E-state index in [-0.39, 0.29) is 6.04 Å². The van der Waals surface area contributed by atoms with Gasteiger partial charge in [0, 0.05) is 9.75 Å². The van der Waals surface area contributed by atoms with Crippen molar-refractivity contribution in [1.82, 2.24) is 5.32 Å². The summed E-state index contributed by atoms with van der Waals surface area (Å²) in [5, 5.41) is 3.16. The fourth-order valence-electron chi connectivity index (χ4n) is 2.08. The fraction of sp³-hybridized carbons (Fsp3) is 0.333. The molecule has 2 aromatic rings.